The summed E-state index contributed by atoms with van der Waals surface area (Å²) in [6, 6.07) is 75.8. The molecule has 0 N–H and O–H groups in total. The third-order valence-corrected chi connectivity index (χ3v) is 13.5. The van der Waals surface area contributed by atoms with Gasteiger partial charge in [0.25, 0.3) is 0 Å². The summed E-state index contributed by atoms with van der Waals surface area (Å²) in [5.41, 5.74) is 12.3. The number of thiophene rings is 1. The fraction of sp³-hybridized carbons (Fsp3) is 0. The Bertz CT molecular complexity index is 3850. The third-order valence-electron chi connectivity index (χ3n) is 12.4. The quantitative estimate of drug-likeness (QED) is 0.168. The Hall–Kier alpha value is -8.19. The van der Waals surface area contributed by atoms with Crippen molar-refractivity contribution in [2.24, 2.45) is 0 Å². The molecule has 0 aliphatic rings. The van der Waals surface area contributed by atoms with Crippen molar-refractivity contribution >= 4 is 75.1 Å². The maximum Gasteiger partial charge on any atom is 0.164 e. The Kier molecular flexibility index (Phi) is 8.01. The first kappa shape index (κ1) is 35.6. The summed E-state index contributed by atoms with van der Waals surface area (Å²) >= 11 is 1.82. The van der Waals surface area contributed by atoms with E-state index in [1.165, 1.54) is 74.9 Å². The summed E-state index contributed by atoms with van der Waals surface area (Å²) in [4.78, 5) is 15.0. The highest BCUT2D eigenvalue weighted by atomic mass is 32.1. The number of rotatable bonds is 6. The number of benzene rings is 9. The van der Waals surface area contributed by atoms with Crippen LogP contribution in [0.4, 0.5) is 0 Å². The summed E-state index contributed by atoms with van der Waals surface area (Å²) in [6.45, 7) is 0. The SMILES string of the molecule is c1ccc(-c2nc(-c3ccccc3)nc(-c3ccc4sc5ccc(-n6c7ccccc7c7cc(-c8ccc9c(c8)c8ccccc8n9-c8ccccc8)ccc76)cc5c4c3)n2)cc1. The molecule has 0 saturated carbocycles. The van der Waals surface area contributed by atoms with Crippen LogP contribution in [0, 0.1) is 0 Å². The molecule has 4 aromatic heterocycles. The number of para-hydroxylation sites is 3. The molecule has 9 aromatic carbocycles. The average Bonchev–Trinajstić information content (AvgIpc) is 4.01. The Morgan fingerprint density at radius 3 is 1.25 bits per heavy atom. The lowest BCUT2D eigenvalue weighted by Gasteiger charge is -2.10. The van der Waals surface area contributed by atoms with E-state index in [0.717, 1.165) is 28.1 Å². The molecule has 6 heteroatoms. The monoisotopic (exact) mass is 821 g/mol. The molecular weight excluding hydrogens is 787 g/mol. The Balaban J connectivity index is 0.938. The number of fused-ring (bicyclic) bond motifs is 9. The van der Waals surface area contributed by atoms with Crippen molar-refractivity contribution in [3.8, 4) is 56.7 Å². The predicted octanol–water partition coefficient (Wildman–Crippen LogP) is 15.1. The molecule has 13 rings (SSSR count). The Labute approximate surface area is 366 Å². The molecular formula is C57H35N5S. The molecule has 0 atom stereocenters. The second-order valence-electron chi connectivity index (χ2n) is 16.0. The van der Waals surface area contributed by atoms with Gasteiger partial charge in [-0.1, -0.05) is 127 Å². The maximum absolute atomic E-state index is 5.04. The molecule has 0 radical (unpaired) electrons. The molecule has 63 heavy (non-hydrogen) atoms. The fourth-order valence-corrected chi connectivity index (χ4v) is 10.5. The van der Waals surface area contributed by atoms with Crippen molar-refractivity contribution in [3.05, 3.63) is 212 Å². The first-order valence-corrected chi connectivity index (χ1v) is 22.0. The van der Waals surface area contributed by atoms with Crippen LogP contribution >= 0.6 is 11.3 Å². The summed E-state index contributed by atoms with van der Waals surface area (Å²) < 4.78 is 7.25. The van der Waals surface area contributed by atoms with E-state index in [-0.39, 0.29) is 0 Å². The highest BCUT2D eigenvalue weighted by molar-refractivity contribution is 7.25. The molecule has 0 amide bonds. The molecule has 0 fully saturated rings. The summed E-state index contributed by atoms with van der Waals surface area (Å²) in [5.74, 6) is 1.96. The van der Waals surface area contributed by atoms with Gasteiger partial charge in [0.2, 0.25) is 0 Å². The second kappa shape index (κ2) is 14.2. The number of hydrogen-bond donors (Lipinski definition) is 0. The van der Waals surface area contributed by atoms with Crippen molar-refractivity contribution < 1.29 is 0 Å². The van der Waals surface area contributed by atoms with Crippen LogP contribution in [0.15, 0.2) is 212 Å². The topological polar surface area (TPSA) is 48.5 Å². The maximum atomic E-state index is 5.04. The minimum absolute atomic E-state index is 0.652. The first-order valence-electron chi connectivity index (χ1n) is 21.2. The van der Waals surface area contributed by atoms with Gasteiger partial charge < -0.3 is 9.13 Å². The molecule has 294 valence electrons. The van der Waals surface area contributed by atoms with E-state index in [2.05, 4.69) is 161 Å². The van der Waals surface area contributed by atoms with Gasteiger partial charge in [-0.15, -0.1) is 11.3 Å². The lowest BCUT2D eigenvalue weighted by molar-refractivity contribution is 1.07. The Morgan fingerprint density at radius 2 is 0.683 bits per heavy atom. The van der Waals surface area contributed by atoms with Gasteiger partial charge in [0.05, 0.1) is 22.1 Å². The van der Waals surface area contributed by atoms with E-state index in [1.807, 2.05) is 72.0 Å². The van der Waals surface area contributed by atoms with Crippen LogP contribution in [0.5, 0.6) is 0 Å². The van der Waals surface area contributed by atoms with Crippen molar-refractivity contribution in [3.63, 3.8) is 0 Å². The molecule has 5 nitrogen and oxygen atoms in total. The van der Waals surface area contributed by atoms with E-state index in [9.17, 15) is 0 Å². The summed E-state index contributed by atoms with van der Waals surface area (Å²) in [7, 11) is 0. The molecule has 13 aromatic rings. The van der Waals surface area contributed by atoms with E-state index in [0.29, 0.717) is 17.5 Å². The third kappa shape index (κ3) is 5.80. The van der Waals surface area contributed by atoms with Crippen LogP contribution in [0.2, 0.25) is 0 Å². The second-order valence-corrected chi connectivity index (χ2v) is 17.1. The zero-order chi connectivity index (χ0) is 41.4. The smallest absolute Gasteiger partial charge is 0.164 e. The van der Waals surface area contributed by atoms with E-state index in [1.54, 1.807) is 0 Å². The lowest BCUT2D eigenvalue weighted by Crippen LogP contribution is -2.00. The minimum atomic E-state index is 0.652. The molecule has 0 saturated heterocycles. The lowest BCUT2D eigenvalue weighted by atomic mass is 10.0. The van der Waals surface area contributed by atoms with Gasteiger partial charge in [0.15, 0.2) is 17.5 Å². The van der Waals surface area contributed by atoms with Crippen molar-refractivity contribution in [1.82, 2.24) is 24.1 Å². The van der Waals surface area contributed by atoms with E-state index >= 15 is 0 Å². The molecule has 4 heterocycles. The number of hydrogen-bond acceptors (Lipinski definition) is 4. The summed E-state index contributed by atoms with van der Waals surface area (Å²) in [6.07, 6.45) is 0. The number of aromatic nitrogens is 5. The largest absolute Gasteiger partial charge is 0.309 e. The molecule has 0 aliphatic carbocycles. The van der Waals surface area contributed by atoms with E-state index in [4.69, 9.17) is 15.0 Å². The van der Waals surface area contributed by atoms with Crippen LogP contribution in [0.25, 0.3) is 120 Å². The Morgan fingerprint density at radius 1 is 0.270 bits per heavy atom. The zero-order valence-corrected chi connectivity index (χ0v) is 34.7. The fourth-order valence-electron chi connectivity index (χ4n) is 9.42. The first-order chi connectivity index (χ1) is 31.2. The van der Waals surface area contributed by atoms with Gasteiger partial charge in [-0.2, -0.15) is 0 Å². The van der Waals surface area contributed by atoms with Crippen molar-refractivity contribution in [1.29, 1.82) is 0 Å². The molecule has 0 spiro atoms. The number of nitrogens with zero attached hydrogens (tertiary/aromatic N) is 5. The molecule has 0 aliphatic heterocycles. The molecule has 0 unspecified atom stereocenters. The van der Waals surface area contributed by atoms with Crippen LogP contribution in [-0.2, 0) is 0 Å². The average molecular weight is 822 g/mol. The normalized spacial score (nSPS) is 11.8. The van der Waals surface area contributed by atoms with Crippen LogP contribution in [0.1, 0.15) is 0 Å². The van der Waals surface area contributed by atoms with Gasteiger partial charge in [-0.3, -0.25) is 0 Å². The van der Waals surface area contributed by atoms with Gasteiger partial charge >= 0.3 is 0 Å². The van der Waals surface area contributed by atoms with Gasteiger partial charge in [0.1, 0.15) is 0 Å². The summed E-state index contributed by atoms with van der Waals surface area (Å²) in [5, 5.41) is 7.35. The van der Waals surface area contributed by atoms with Crippen LogP contribution in [-0.4, -0.2) is 24.1 Å². The minimum Gasteiger partial charge on any atom is -0.309 e. The zero-order valence-electron chi connectivity index (χ0n) is 33.9. The van der Waals surface area contributed by atoms with Crippen molar-refractivity contribution in [2.75, 3.05) is 0 Å². The van der Waals surface area contributed by atoms with Gasteiger partial charge in [-0.25, -0.2) is 15.0 Å². The van der Waals surface area contributed by atoms with Crippen LogP contribution < -0.4 is 0 Å². The highest BCUT2D eigenvalue weighted by Gasteiger charge is 2.18. The van der Waals surface area contributed by atoms with Gasteiger partial charge in [-0.05, 0) is 96.1 Å². The highest BCUT2D eigenvalue weighted by Crippen LogP contribution is 2.41. The standard InChI is InChI=1S/C57H35N5S/c1-4-14-36(15-5-1)55-58-56(37-16-6-2-7-17-37)60-57(59-55)40-26-30-53-47(34-40)48-35-42(27-31-54(48)63-53)62-50-23-13-11-21-44(50)46-33-39(25-29-52(46)62)38-24-28-51-45(32-38)43-20-10-12-22-49(43)61(51)41-18-8-3-9-19-41/h1-35H. The molecule has 0 bridgehead atoms. The predicted molar refractivity (Wildman–Crippen MR) is 263 cm³/mol. The van der Waals surface area contributed by atoms with E-state index < -0.39 is 0 Å². The van der Waals surface area contributed by atoms with Gasteiger partial charge in [0, 0.05) is 69.8 Å². The van der Waals surface area contributed by atoms with Crippen LogP contribution in [0.3, 0.4) is 0 Å². The van der Waals surface area contributed by atoms with Crippen molar-refractivity contribution in [2.45, 2.75) is 0 Å².